The second-order valence-corrected chi connectivity index (χ2v) is 8.73. The normalized spacial score (nSPS) is 16.2. The molecule has 0 heterocycles. The molecule has 8 heteroatoms. The van der Waals surface area contributed by atoms with Crippen LogP contribution in [0.5, 0.6) is 5.75 Å². The minimum absolute atomic E-state index is 0.117. The Morgan fingerprint density at radius 1 is 1.29 bits per heavy atom. The van der Waals surface area contributed by atoms with Crippen LogP contribution >= 0.6 is 0 Å². The summed E-state index contributed by atoms with van der Waals surface area (Å²) in [4.78, 5) is 12.6. The molecular formula is C20H23FN2O4S. The number of sulfonamides is 1. The van der Waals surface area contributed by atoms with Gasteiger partial charge in [0, 0.05) is 0 Å². The van der Waals surface area contributed by atoms with Gasteiger partial charge in [0.1, 0.15) is 18.1 Å². The number of nitrogens with zero attached hydrogens (tertiary/aromatic N) is 1. The van der Waals surface area contributed by atoms with E-state index in [2.05, 4.69) is 5.32 Å². The zero-order valence-electron chi connectivity index (χ0n) is 15.8. The molecule has 3 rings (SSSR count). The average Bonchev–Trinajstić information content (AvgIpc) is 2.65. The standard InChI is InChI=1S/C20H23FN2O4S/c1-27-17-9-10-18-14(11-17)5-3-8-19(18)22-20(24)13-23(28(2,25)26)16-7-4-6-15(21)12-16/h4,6-7,9-12,19H,3,5,8,13H2,1-2H3,(H,22,24). The number of nitrogens with one attached hydrogen (secondary N) is 1. The molecule has 0 aromatic heterocycles. The first-order chi connectivity index (χ1) is 13.3. The predicted octanol–water partition coefficient (Wildman–Crippen LogP) is 2.79. The van der Waals surface area contributed by atoms with Gasteiger partial charge in [0.05, 0.1) is 25.1 Å². The fourth-order valence-electron chi connectivity index (χ4n) is 3.47. The third-order valence-corrected chi connectivity index (χ3v) is 5.92. The number of hydrogen-bond donors (Lipinski definition) is 1. The monoisotopic (exact) mass is 406 g/mol. The fraction of sp³-hybridized carbons (Fsp3) is 0.350. The van der Waals surface area contributed by atoms with E-state index in [0.29, 0.717) is 0 Å². The summed E-state index contributed by atoms with van der Waals surface area (Å²) in [7, 11) is -2.14. The largest absolute Gasteiger partial charge is 0.497 e. The molecule has 6 nitrogen and oxygen atoms in total. The van der Waals surface area contributed by atoms with Gasteiger partial charge in [0.2, 0.25) is 15.9 Å². The zero-order chi connectivity index (χ0) is 20.3. The molecule has 28 heavy (non-hydrogen) atoms. The number of fused-ring (bicyclic) bond motifs is 1. The van der Waals surface area contributed by atoms with Gasteiger partial charge in [-0.25, -0.2) is 12.8 Å². The maximum absolute atomic E-state index is 13.5. The number of rotatable bonds is 6. The zero-order valence-corrected chi connectivity index (χ0v) is 16.6. The molecule has 1 unspecified atom stereocenters. The molecule has 1 atom stereocenters. The Morgan fingerprint density at radius 2 is 2.07 bits per heavy atom. The molecule has 1 N–H and O–H groups in total. The highest BCUT2D eigenvalue weighted by Crippen LogP contribution is 2.32. The summed E-state index contributed by atoms with van der Waals surface area (Å²) in [6.07, 6.45) is 3.57. The van der Waals surface area contributed by atoms with E-state index in [-0.39, 0.29) is 11.7 Å². The third kappa shape index (κ3) is 4.62. The van der Waals surface area contributed by atoms with Crippen molar-refractivity contribution < 1.29 is 22.3 Å². The summed E-state index contributed by atoms with van der Waals surface area (Å²) in [5.41, 5.74) is 2.24. The molecule has 1 aliphatic carbocycles. The Bertz CT molecular complexity index is 978. The van der Waals surface area contributed by atoms with E-state index in [1.165, 1.54) is 18.2 Å². The van der Waals surface area contributed by atoms with Crippen LogP contribution in [0, 0.1) is 5.82 Å². The Balaban J connectivity index is 1.78. The second-order valence-electron chi connectivity index (χ2n) is 6.83. The lowest BCUT2D eigenvalue weighted by Gasteiger charge is -2.28. The SMILES string of the molecule is COc1ccc2c(c1)CCCC2NC(=O)CN(c1cccc(F)c1)S(C)(=O)=O. The third-order valence-electron chi connectivity index (χ3n) is 4.78. The molecule has 0 bridgehead atoms. The van der Waals surface area contributed by atoms with Gasteiger partial charge in [-0.05, 0) is 60.7 Å². The smallest absolute Gasteiger partial charge is 0.241 e. The fourth-order valence-corrected chi connectivity index (χ4v) is 4.32. The van der Waals surface area contributed by atoms with Crippen molar-refractivity contribution in [1.82, 2.24) is 5.32 Å². The number of carbonyl (C=O) groups is 1. The molecule has 1 amide bonds. The van der Waals surface area contributed by atoms with Crippen molar-refractivity contribution in [3.05, 3.63) is 59.4 Å². The summed E-state index contributed by atoms with van der Waals surface area (Å²) < 4.78 is 44.0. The first-order valence-electron chi connectivity index (χ1n) is 8.97. The predicted molar refractivity (Wildman–Crippen MR) is 105 cm³/mol. The van der Waals surface area contributed by atoms with Crippen molar-refractivity contribution in [1.29, 1.82) is 0 Å². The van der Waals surface area contributed by atoms with Gasteiger partial charge in [0.25, 0.3) is 0 Å². The van der Waals surface area contributed by atoms with Crippen LogP contribution < -0.4 is 14.4 Å². The van der Waals surface area contributed by atoms with E-state index in [1.807, 2.05) is 18.2 Å². The minimum atomic E-state index is -3.75. The maximum atomic E-state index is 13.5. The van der Waals surface area contributed by atoms with E-state index < -0.39 is 28.3 Å². The van der Waals surface area contributed by atoms with Gasteiger partial charge < -0.3 is 10.1 Å². The number of amides is 1. The molecule has 1 aliphatic rings. The first kappa shape index (κ1) is 20.1. The number of halogens is 1. The van der Waals surface area contributed by atoms with Crippen LogP contribution in [-0.4, -0.2) is 34.2 Å². The quantitative estimate of drug-likeness (QED) is 0.800. The summed E-state index contributed by atoms with van der Waals surface area (Å²) in [6, 6.07) is 10.7. The Kier molecular flexibility index (Phi) is 5.88. The van der Waals surface area contributed by atoms with Gasteiger partial charge in [0.15, 0.2) is 0 Å². The number of aryl methyl sites for hydroxylation is 1. The van der Waals surface area contributed by atoms with Crippen LogP contribution in [0.1, 0.15) is 30.0 Å². The molecule has 0 saturated heterocycles. The molecule has 150 valence electrons. The summed E-state index contributed by atoms with van der Waals surface area (Å²) in [5.74, 6) is -0.245. The maximum Gasteiger partial charge on any atom is 0.241 e. The molecule has 0 spiro atoms. The molecule has 0 fully saturated rings. The highest BCUT2D eigenvalue weighted by Gasteiger charge is 2.26. The topological polar surface area (TPSA) is 75.7 Å². The molecular weight excluding hydrogens is 383 g/mol. The van der Waals surface area contributed by atoms with Crippen molar-refractivity contribution in [2.45, 2.75) is 25.3 Å². The second kappa shape index (κ2) is 8.18. The van der Waals surface area contributed by atoms with Gasteiger partial charge >= 0.3 is 0 Å². The number of benzene rings is 2. The summed E-state index contributed by atoms with van der Waals surface area (Å²) >= 11 is 0. The number of hydrogen-bond acceptors (Lipinski definition) is 4. The van der Waals surface area contributed by atoms with Crippen molar-refractivity contribution >= 4 is 21.6 Å². The van der Waals surface area contributed by atoms with Crippen LogP contribution in [0.25, 0.3) is 0 Å². The lowest BCUT2D eigenvalue weighted by molar-refractivity contribution is -0.120. The molecule has 0 radical (unpaired) electrons. The van der Waals surface area contributed by atoms with Crippen molar-refractivity contribution in [2.24, 2.45) is 0 Å². The molecule has 2 aromatic rings. The highest BCUT2D eigenvalue weighted by molar-refractivity contribution is 7.92. The van der Waals surface area contributed by atoms with Crippen molar-refractivity contribution in [2.75, 3.05) is 24.2 Å². The van der Waals surface area contributed by atoms with Gasteiger partial charge in [-0.15, -0.1) is 0 Å². The van der Waals surface area contributed by atoms with E-state index >= 15 is 0 Å². The summed E-state index contributed by atoms with van der Waals surface area (Å²) in [5, 5.41) is 2.92. The highest BCUT2D eigenvalue weighted by atomic mass is 32.2. The Morgan fingerprint density at radius 3 is 2.75 bits per heavy atom. The van der Waals surface area contributed by atoms with Crippen molar-refractivity contribution in [3.8, 4) is 5.75 Å². The number of ether oxygens (including phenoxy) is 1. The molecule has 0 saturated carbocycles. The lowest BCUT2D eigenvalue weighted by atomic mass is 9.87. The number of carbonyl (C=O) groups excluding carboxylic acids is 1. The number of methoxy groups -OCH3 is 1. The number of anilines is 1. The minimum Gasteiger partial charge on any atom is -0.497 e. The average molecular weight is 406 g/mol. The van der Waals surface area contributed by atoms with E-state index in [0.717, 1.165) is 52.8 Å². The van der Waals surface area contributed by atoms with Crippen LogP contribution in [0.2, 0.25) is 0 Å². The Hall–Kier alpha value is -2.61. The molecule has 2 aromatic carbocycles. The van der Waals surface area contributed by atoms with Gasteiger partial charge in [-0.1, -0.05) is 12.1 Å². The molecule has 0 aliphatic heterocycles. The van der Waals surface area contributed by atoms with Crippen LogP contribution in [0.4, 0.5) is 10.1 Å². The van der Waals surface area contributed by atoms with E-state index in [9.17, 15) is 17.6 Å². The van der Waals surface area contributed by atoms with Crippen LogP contribution in [0.15, 0.2) is 42.5 Å². The first-order valence-corrected chi connectivity index (χ1v) is 10.8. The summed E-state index contributed by atoms with van der Waals surface area (Å²) in [6.45, 7) is -0.412. The van der Waals surface area contributed by atoms with Crippen LogP contribution in [0.3, 0.4) is 0 Å². The lowest BCUT2D eigenvalue weighted by Crippen LogP contribution is -2.42. The Labute approximate surface area is 164 Å². The van der Waals surface area contributed by atoms with Crippen molar-refractivity contribution in [3.63, 3.8) is 0 Å². The van der Waals surface area contributed by atoms with E-state index in [4.69, 9.17) is 4.74 Å². The van der Waals surface area contributed by atoms with Gasteiger partial charge in [-0.3, -0.25) is 9.10 Å². The van der Waals surface area contributed by atoms with Crippen LogP contribution in [-0.2, 0) is 21.2 Å². The van der Waals surface area contributed by atoms with E-state index in [1.54, 1.807) is 7.11 Å². The van der Waals surface area contributed by atoms with Gasteiger partial charge in [-0.2, -0.15) is 0 Å².